The van der Waals surface area contributed by atoms with Crippen LogP contribution in [0, 0.1) is 0 Å². The van der Waals surface area contributed by atoms with Crippen LogP contribution in [0.3, 0.4) is 0 Å². The quantitative estimate of drug-likeness (QED) is 0.153. The van der Waals surface area contributed by atoms with Crippen molar-refractivity contribution >= 4 is 33.1 Å². The first-order chi connectivity index (χ1) is 17.5. The Morgan fingerprint density at radius 2 is 1.75 bits per heavy atom. The number of amides is 1. The second kappa shape index (κ2) is 12.0. The molecular formula is C28H26N2O5S. The number of benzene rings is 3. The lowest BCUT2D eigenvalue weighted by molar-refractivity contribution is -0.116. The second-order valence-electron chi connectivity index (χ2n) is 7.78. The predicted octanol–water partition coefficient (Wildman–Crippen LogP) is 4.90. The Hall–Kier alpha value is -4.14. The van der Waals surface area contributed by atoms with Gasteiger partial charge < -0.3 is 25.2 Å². The van der Waals surface area contributed by atoms with Gasteiger partial charge in [0.05, 0.1) is 0 Å². The first-order valence-electron chi connectivity index (χ1n) is 11.4. The number of phenolic OH excluding ortho intramolecular Hbond substituents is 1. The molecule has 0 aliphatic heterocycles. The summed E-state index contributed by atoms with van der Waals surface area (Å²) in [6, 6.07) is 21.2. The van der Waals surface area contributed by atoms with E-state index in [2.05, 4.69) is 10.6 Å². The molecule has 0 radical (unpaired) electrons. The molecule has 4 rings (SSSR count). The molecule has 0 aliphatic rings. The molecule has 8 heteroatoms. The molecule has 3 N–H and O–H groups in total. The summed E-state index contributed by atoms with van der Waals surface area (Å²) in [4.78, 5) is 24.8. The van der Waals surface area contributed by atoms with Gasteiger partial charge >= 0.3 is 0 Å². The summed E-state index contributed by atoms with van der Waals surface area (Å²) < 4.78 is 12.7. The van der Waals surface area contributed by atoms with E-state index in [0.717, 1.165) is 10.1 Å². The fourth-order valence-electron chi connectivity index (χ4n) is 3.43. The number of fused-ring (bicyclic) bond motifs is 1. The van der Waals surface area contributed by atoms with E-state index in [1.54, 1.807) is 67.7 Å². The van der Waals surface area contributed by atoms with Crippen LogP contribution in [0.15, 0.2) is 84.9 Å². The van der Waals surface area contributed by atoms with Crippen molar-refractivity contribution in [2.75, 3.05) is 26.7 Å². The van der Waals surface area contributed by atoms with Crippen LogP contribution in [0.5, 0.6) is 23.0 Å². The summed E-state index contributed by atoms with van der Waals surface area (Å²) >= 11 is 1.29. The summed E-state index contributed by atoms with van der Waals surface area (Å²) in [6.07, 6.45) is 3.22. The van der Waals surface area contributed by atoms with Gasteiger partial charge in [0, 0.05) is 41.9 Å². The van der Waals surface area contributed by atoms with Gasteiger partial charge in [-0.05, 0) is 42.5 Å². The normalized spacial score (nSPS) is 11.0. The first-order valence-corrected chi connectivity index (χ1v) is 12.2. The largest absolute Gasteiger partial charge is 0.508 e. The zero-order valence-electron chi connectivity index (χ0n) is 19.7. The molecule has 0 spiro atoms. The van der Waals surface area contributed by atoms with Crippen molar-refractivity contribution < 1.29 is 24.2 Å². The van der Waals surface area contributed by atoms with Crippen molar-refractivity contribution in [3.8, 4) is 23.0 Å². The highest BCUT2D eigenvalue weighted by atomic mass is 32.1. The number of ether oxygens (including phenoxy) is 2. The van der Waals surface area contributed by atoms with Gasteiger partial charge in [0.1, 0.15) is 28.7 Å². The summed E-state index contributed by atoms with van der Waals surface area (Å²) in [5.41, 5.74) is 0.569. The van der Waals surface area contributed by atoms with E-state index in [1.165, 1.54) is 17.4 Å². The topological polar surface area (TPSA) is 96.9 Å². The van der Waals surface area contributed by atoms with Crippen molar-refractivity contribution in [2.45, 2.75) is 0 Å². The fourth-order valence-corrected chi connectivity index (χ4v) is 4.56. The van der Waals surface area contributed by atoms with Crippen LogP contribution in [0.4, 0.5) is 0 Å². The molecule has 0 fully saturated rings. The predicted molar refractivity (Wildman–Crippen MR) is 141 cm³/mol. The molecule has 3 aromatic carbocycles. The Morgan fingerprint density at radius 3 is 2.50 bits per heavy atom. The number of rotatable bonds is 11. The van der Waals surface area contributed by atoms with Crippen LogP contribution >= 0.6 is 11.3 Å². The number of hydrogen-bond acceptors (Lipinski definition) is 7. The van der Waals surface area contributed by atoms with E-state index >= 15 is 0 Å². The number of thiophene rings is 1. The summed E-state index contributed by atoms with van der Waals surface area (Å²) in [5, 5.41) is 16.4. The highest BCUT2D eigenvalue weighted by Gasteiger charge is 2.22. The van der Waals surface area contributed by atoms with Crippen LogP contribution in [0.2, 0.25) is 0 Å². The molecule has 0 atom stereocenters. The van der Waals surface area contributed by atoms with Crippen molar-refractivity contribution in [3.05, 3.63) is 95.4 Å². The monoisotopic (exact) mass is 502 g/mol. The van der Waals surface area contributed by atoms with Crippen LogP contribution in [-0.4, -0.2) is 43.5 Å². The third-order valence-electron chi connectivity index (χ3n) is 5.24. The lowest BCUT2D eigenvalue weighted by Gasteiger charge is -2.10. The number of aromatic hydroxyl groups is 1. The van der Waals surface area contributed by atoms with Crippen molar-refractivity contribution in [2.24, 2.45) is 0 Å². The Balaban J connectivity index is 1.43. The number of ketones is 1. The molecule has 0 saturated heterocycles. The maximum absolute atomic E-state index is 13.2. The van der Waals surface area contributed by atoms with Gasteiger partial charge in [-0.2, -0.15) is 0 Å². The molecule has 1 aromatic heterocycles. The molecule has 1 amide bonds. The van der Waals surface area contributed by atoms with Gasteiger partial charge in [-0.3, -0.25) is 9.59 Å². The molecule has 1 heterocycles. The molecule has 0 bridgehead atoms. The van der Waals surface area contributed by atoms with Gasteiger partial charge in [-0.15, -0.1) is 11.3 Å². The zero-order chi connectivity index (χ0) is 25.3. The molecule has 7 nitrogen and oxygen atoms in total. The number of nitrogens with one attached hydrogen (secondary N) is 2. The van der Waals surface area contributed by atoms with Crippen molar-refractivity contribution in [1.29, 1.82) is 0 Å². The molecule has 4 aromatic rings. The minimum atomic E-state index is -0.138. The summed E-state index contributed by atoms with van der Waals surface area (Å²) in [6.45, 7) is 1.65. The lowest BCUT2D eigenvalue weighted by Crippen LogP contribution is -2.21. The van der Waals surface area contributed by atoms with Gasteiger partial charge in [-0.1, -0.05) is 36.4 Å². The van der Waals surface area contributed by atoms with Crippen LogP contribution in [0.1, 0.15) is 15.2 Å². The van der Waals surface area contributed by atoms with Crippen LogP contribution in [-0.2, 0) is 4.79 Å². The molecule has 0 saturated carbocycles. The standard InChI is InChI=1S/C28H26N2O5S/c1-29-25(32)8-5-15-30-16-17-34-21-10-12-22(13-11-21)35-27-23-14-9-20(31)18-24(23)36-28(27)26(33)19-6-3-2-4-7-19/h2-14,18,30-31H,15-17H2,1H3,(H,29,32)/b8-5+. The molecule has 0 unspecified atom stereocenters. The number of carbonyl (C=O) groups excluding carboxylic acids is 2. The minimum absolute atomic E-state index is 0.132. The number of hydrogen-bond donors (Lipinski definition) is 3. The average molecular weight is 503 g/mol. The third-order valence-corrected chi connectivity index (χ3v) is 6.37. The Bertz CT molecular complexity index is 1360. The van der Waals surface area contributed by atoms with Crippen LogP contribution in [0.25, 0.3) is 10.1 Å². The molecular weight excluding hydrogens is 476 g/mol. The van der Waals surface area contributed by atoms with Crippen molar-refractivity contribution in [3.63, 3.8) is 0 Å². The van der Waals surface area contributed by atoms with E-state index in [0.29, 0.717) is 47.4 Å². The smallest absolute Gasteiger partial charge is 0.243 e. The van der Waals surface area contributed by atoms with E-state index < -0.39 is 0 Å². The first kappa shape index (κ1) is 25.0. The van der Waals surface area contributed by atoms with E-state index in [4.69, 9.17) is 9.47 Å². The van der Waals surface area contributed by atoms with E-state index in [9.17, 15) is 14.7 Å². The van der Waals surface area contributed by atoms with Crippen molar-refractivity contribution in [1.82, 2.24) is 10.6 Å². The molecule has 36 heavy (non-hydrogen) atoms. The second-order valence-corrected chi connectivity index (χ2v) is 8.83. The zero-order valence-corrected chi connectivity index (χ0v) is 20.5. The van der Waals surface area contributed by atoms with Gasteiger partial charge in [0.2, 0.25) is 11.7 Å². The maximum atomic E-state index is 13.2. The fraction of sp³-hybridized carbons (Fsp3) is 0.143. The number of likely N-dealkylation sites (N-methyl/N-ethyl adjacent to an activating group) is 1. The minimum Gasteiger partial charge on any atom is -0.508 e. The molecule has 0 aliphatic carbocycles. The van der Waals surface area contributed by atoms with Crippen LogP contribution < -0.4 is 20.1 Å². The summed E-state index contributed by atoms with van der Waals surface area (Å²) in [7, 11) is 1.59. The average Bonchev–Trinajstić information content (AvgIpc) is 3.25. The van der Waals surface area contributed by atoms with E-state index in [-0.39, 0.29) is 17.4 Å². The Labute approximate surface area is 213 Å². The maximum Gasteiger partial charge on any atom is 0.243 e. The summed E-state index contributed by atoms with van der Waals surface area (Å²) in [5.74, 6) is 1.57. The van der Waals surface area contributed by atoms with E-state index in [1.807, 2.05) is 18.2 Å². The van der Waals surface area contributed by atoms with Gasteiger partial charge in [0.25, 0.3) is 0 Å². The van der Waals surface area contributed by atoms with Gasteiger partial charge in [0.15, 0.2) is 5.75 Å². The Kier molecular flexibility index (Phi) is 8.33. The number of carbonyl (C=O) groups is 2. The number of phenols is 1. The SMILES string of the molecule is CNC(=O)/C=C/CNCCOc1ccc(Oc2c(C(=O)c3ccccc3)sc3cc(O)ccc23)cc1. The Morgan fingerprint density at radius 1 is 1.00 bits per heavy atom. The highest BCUT2D eigenvalue weighted by Crippen LogP contribution is 2.42. The molecule has 184 valence electrons. The third kappa shape index (κ3) is 6.29. The lowest BCUT2D eigenvalue weighted by atomic mass is 10.1. The van der Waals surface area contributed by atoms with Gasteiger partial charge in [-0.25, -0.2) is 0 Å². The highest BCUT2D eigenvalue weighted by molar-refractivity contribution is 7.21.